The molecule has 3 aromatic rings. The van der Waals surface area contributed by atoms with Crippen molar-refractivity contribution in [3.05, 3.63) is 70.1 Å². The van der Waals surface area contributed by atoms with E-state index in [-0.39, 0.29) is 23.2 Å². The van der Waals surface area contributed by atoms with Crippen molar-refractivity contribution >= 4 is 28.7 Å². The largest absolute Gasteiger partial charge is 0.366 e. The van der Waals surface area contributed by atoms with Crippen molar-refractivity contribution in [1.29, 1.82) is 0 Å². The number of hydrogen-bond donors (Lipinski definition) is 4. The number of nitrogens with one attached hydrogen (secondary N) is 3. The summed E-state index contributed by atoms with van der Waals surface area (Å²) in [4.78, 5) is 27.9. The number of nitrogens with zero attached hydrogens (tertiary/aromatic N) is 4. The van der Waals surface area contributed by atoms with Gasteiger partial charge >= 0.3 is 0 Å². The molecule has 1 saturated carbocycles. The molecule has 1 aromatic heterocycles. The van der Waals surface area contributed by atoms with Gasteiger partial charge in [0.15, 0.2) is 11.6 Å². The van der Waals surface area contributed by atoms with Crippen LogP contribution in [0.1, 0.15) is 37.2 Å². The maximum Gasteiger partial charge on any atom is 0.276 e. The van der Waals surface area contributed by atoms with E-state index in [1.165, 1.54) is 12.1 Å². The Morgan fingerprint density at radius 2 is 1.87 bits per heavy atom. The van der Waals surface area contributed by atoms with Crippen LogP contribution in [0.2, 0.25) is 0 Å². The number of aromatic nitrogens is 2. The lowest BCUT2D eigenvalue weighted by Crippen LogP contribution is -2.41. The summed E-state index contributed by atoms with van der Waals surface area (Å²) in [5, 5.41) is 8.87. The Bertz CT molecular complexity index is 1480. The van der Waals surface area contributed by atoms with E-state index in [9.17, 15) is 18.4 Å². The van der Waals surface area contributed by atoms with E-state index in [1.54, 1.807) is 0 Å². The highest BCUT2D eigenvalue weighted by Gasteiger charge is 2.54. The lowest BCUT2D eigenvalue weighted by atomic mass is 10.0. The summed E-state index contributed by atoms with van der Waals surface area (Å²) >= 11 is 0. The summed E-state index contributed by atoms with van der Waals surface area (Å²) in [7, 11) is 0. The van der Waals surface area contributed by atoms with E-state index in [4.69, 9.17) is 5.73 Å². The van der Waals surface area contributed by atoms with E-state index in [1.807, 2.05) is 17.1 Å². The molecule has 1 amide bonds. The van der Waals surface area contributed by atoms with Crippen LogP contribution in [-0.4, -0.2) is 40.9 Å². The Balaban J connectivity index is 1.38. The monoisotopic (exact) mass is 522 g/mol. The molecule has 198 valence electrons. The number of halogens is 2. The van der Waals surface area contributed by atoms with Gasteiger partial charge in [0, 0.05) is 36.7 Å². The average molecular weight is 523 g/mol. The van der Waals surface area contributed by atoms with Gasteiger partial charge < -0.3 is 16.0 Å². The predicted octanol–water partition coefficient (Wildman–Crippen LogP) is 2.75. The van der Waals surface area contributed by atoms with Crippen LogP contribution < -0.4 is 37.5 Å². The van der Waals surface area contributed by atoms with Crippen LogP contribution in [0.5, 0.6) is 0 Å². The molecule has 3 heterocycles. The average Bonchev–Trinajstić information content (AvgIpc) is 3.41. The van der Waals surface area contributed by atoms with Crippen LogP contribution in [0.25, 0.3) is 5.69 Å². The Labute approximate surface area is 217 Å². The predicted molar refractivity (Wildman–Crippen MR) is 140 cm³/mol. The Morgan fingerprint density at radius 3 is 2.53 bits per heavy atom. The zero-order valence-corrected chi connectivity index (χ0v) is 21.0. The lowest BCUT2D eigenvalue weighted by Gasteiger charge is -2.26. The molecule has 0 unspecified atom stereocenters. The maximum absolute atomic E-state index is 14.4. The molecule has 0 radical (unpaired) electrons. The number of rotatable bonds is 5. The zero-order valence-electron chi connectivity index (χ0n) is 21.0. The highest BCUT2D eigenvalue weighted by molar-refractivity contribution is 6.07. The zero-order chi connectivity index (χ0) is 26.8. The number of para-hydroxylation sites is 1. The third-order valence-corrected chi connectivity index (χ3v) is 7.58. The first-order chi connectivity index (χ1) is 18.2. The first-order valence-corrected chi connectivity index (χ1v) is 12.5. The summed E-state index contributed by atoms with van der Waals surface area (Å²) in [6.45, 7) is 5.52. The molecule has 0 bridgehead atoms. The molecule has 1 aliphatic carbocycles. The smallest absolute Gasteiger partial charge is 0.276 e. The molecule has 1 spiro atoms. The number of amides is 1. The second-order valence-corrected chi connectivity index (χ2v) is 10.4. The molecule has 10 nitrogen and oxygen atoms in total. The van der Waals surface area contributed by atoms with Crippen LogP contribution in [-0.2, 0) is 0 Å². The third kappa shape index (κ3) is 3.87. The Morgan fingerprint density at radius 1 is 1.13 bits per heavy atom. The number of fused-ring (bicyclic) bond motifs is 1. The van der Waals surface area contributed by atoms with Gasteiger partial charge in [-0.05, 0) is 57.0 Å². The molecule has 6 rings (SSSR count). The number of carbonyl (C=O) groups excluding carboxylic acids is 1. The summed E-state index contributed by atoms with van der Waals surface area (Å²) in [5.41, 5.74) is 14.5. The minimum atomic E-state index is -0.967. The SMILES string of the molecule is CC(C)N1NNc2c1ccc(NC(=O)c1ccc(=O)n(-c3c(F)cccc3F)n1)c2N1C[C@H](N)C2(CC2)C1. The van der Waals surface area contributed by atoms with E-state index >= 15 is 0 Å². The van der Waals surface area contributed by atoms with E-state index in [0.717, 1.165) is 54.6 Å². The van der Waals surface area contributed by atoms with Gasteiger partial charge in [0.25, 0.3) is 11.5 Å². The fraction of sp³-hybridized carbons (Fsp3) is 0.346. The van der Waals surface area contributed by atoms with E-state index in [0.29, 0.717) is 16.9 Å². The summed E-state index contributed by atoms with van der Waals surface area (Å²) in [5.74, 6) is -2.57. The number of hydrogen-bond acceptors (Lipinski definition) is 8. The molecule has 1 saturated heterocycles. The van der Waals surface area contributed by atoms with Crippen molar-refractivity contribution in [3.8, 4) is 5.69 Å². The molecule has 12 heteroatoms. The third-order valence-electron chi connectivity index (χ3n) is 7.58. The first kappa shape index (κ1) is 24.3. The number of carbonyl (C=O) groups is 1. The topological polar surface area (TPSA) is 121 Å². The van der Waals surface area contributed by atoms with Crippen LogP contribution in [0.4, 0.5) is 31.5 Å². The fourth-order valence-corrected chi connectivity index (χ4v) is 5.34. The molecule has 1 atom stereocenters. The first-order valence-electron chi connectivity index (χ1n) is 12.5. The van der Waals surface area contributed by atoms with Crippen LogP contribution >= 0.6 is 0 Å². The molecule has 3 aliphatic rings. The van der Waals surface area contributed by atoms with Gasteiger partial charge in [0.05, 0.1) is 17.1 Å². The normalized spacial score (nSPS) is 19.2. The van der Waals surface area contributed by atoms with Gasteiger partial charge in [-0.1, -0.05) is 6.07 Å². The molecular weight excluding hydrogens is 494 g/mol. The van der Waals surface area contributed by atoms with Gasteiger partial charge in [0.1, 0.15) is 17.1 Å². The standard InChI is InChI=1S/C26H28F2N8O2/c1-14(2)35-19-8-6-17(24(22(19)31-33-35)34-12-20(29)26(13-34)10-11-26)30-25(38)18-7-9-21(37)36(32-18)23-15(27)4-3-5-16(23)28/h3-9,14,20,31,33H,10-13,29H2,1-2H3,(H,30,38)/t20-/m0/s1. The van der Waals surface area contributed by atoms with Crippen molar-refractivity contribution in [2.24, 2.45) is 11.1 Å². The second-order valence-electron chi connectivity index (χ2n) is 10.4. The minimum absolute atomic E-state index is 0.0263. The van der Waals surface area contributed by atoms with Gasteiger partial charge in [-0.2, -0.15) is 9.78 Å². The summed E-state index contributed by atoms with van der Waals surface area (Å²) in [6, 6.07) is 9.40. The number of nitrogens with two attached hydrogens (primary N) is 1. The van der Waals surface area contributed by atoms with Crippen LogP contribution in [0.3, 0.4) is 0 Å². The van der Waals surface area contributed by atoms with Gasteiger partial charge in [0.2, 0.25) is 0 Å². The van der Waals surface area contributed by atoms with Crippen molar-refractivity contribution in [2.45, 2.75) is 38.8 Å². The molecule has 2 aromatic carbocycles. The van der Waals surface area contributed by atoms with E-state index < -0.39 is 28.8 Å². The maximum atomic E-state index is 14.4. The summed E-state index contributed by atoms with van der Waals surface area (Å²) < 4.78 is 29.3. The van der Waals surface area contributed by atoms with Crippen molar-refractivity contribution < 1.29 is 13.6 Å². The molecule has 38 heavy (non-hydrogen) atoms. The summed E-state index contributed by atoms with van der Waals surface area (Å²) in [6.07, 6.45) is 2.15. The molecular formula is C26H28F2N8O2. The molecule has 2 aliphatic heterocycles. The highest BCUT2D eigenvalue weighted by Crippen LogP contribution is 2.55. The van der Waals surface area contributed by atoms with Crippen LogP contribution in [0, 0.1) is 17.0 Å². The fourth-order valence-electron chi connectivity index (χ4n) is 5.34. The minimum Gasteiger partial charge on any atom is -0.366 e. The van der Waals surface area contributed by atoms with Gasteiger partial charge in [-0.25, -0.2) is 8.78 Å². The van der Waals surface area contributed by atoms with Gasteiger partial charge in [-0.15, -0.1) is 5.53 Å². The van der Waals surface area contributed by atoms with Crippen molar-refractivity contribution in [3.63, 3.8) is 0 Å². The second kappa shape index (κ2) is 8.77. The van der Waals surface area contributed by atoms with Crippen LogP contribution in [0.15, 0.2) is 47.3 Å². The lowest BCUT2D eigenvalue weighted by molar-refractivity contribution is 0.102. The van der Waals surface area contributed by atoms with Crippen molar-refractivity contribution in [2.75, 3.05) is 33.7 Å². The Kier molecular flexibility index (Phi) is 5.61. The number of hydrazine groups is 2. The quantitative estimate of drug-likeness (QED) is 0.404. The highest BCUT2D eigenvalue weighted by atomic mass is 19.1. The number of anilines is 4. The number of benzene rings is 2. The van der Waals surface area contributed by atoms with E-state index in [2.05, 4.69) is 40.1 Å². The van der Waals surface area contributed by atoms with Gasteiger partial charge in [-0.3, -0.25) is 20.0 Å². The Hall–Kier alpha value is -4.03. The van der Waals surface area contributed by atoms with Crippen molar-refractivity contribution in [1.82, 2.24) is 15.3 Å². The molecule has 5 N–H and O–H groups in total. The molecule has 2 fully saturated rings.